The van der Waals surface area contributed by atoms with Crippen LogP contribution >= 0.6 is 11.6 Å². The standard InChI is InChI=1S/C21H19ClN2O2/c1-14-3-6-16(7-4-14)20-12-17(9-10-25)21(26)24(23-20)13-18-8-5-15(2)11-19(18)22/h3-8,10-12H,9,13H2,1-2H3. The highest BCUT2D eigenvalue weighted by Gasteiger charge is 2.12. The lowest BCUT2D eigenvalue weighted by Gasteiger charge is -2.11. The Hall–Kier alpha value is -2.72. The van der Waals surface area contributed by atoms with Gasteiger partial charge in [-0.25, -0.2) is 4.68 Å². The van der Waals surface area contributed by atoms with Gasteiger partial charge in [-0.15, -0.1) is 0 Å². The molecule has 0 aliphatic rings. The molecule has 3 aromatic rings. The number of aryl methyl sites for hydroxylation is 2. The maximum Gasteiger partial charge on any atom is 0.270 e. The van der Waals surface area contributed by atoms with Crippen molar-refractivity contribution in [2.24, 2.45) is 0 Å². The summed E-state index contributed by atoms with van der Waals surface area (Å²) in [5.41, 5.74) is 4.70. The number of halogens is 1. The number of carbonyl (C=O) groups is 1. The van der Waals surface area contributed by atoms with E-state index in [2.05, 4.69) is 5.10 Å². The van der Waals surface area contributed by atoms with E-state index in [0.29, 0.717) is 16.3 Å². The lowest BCUT2D eigenvalue weighted by Crippen LogP contribution is -2.27. The monoisotopic (exact) mass is 366 g/mol. The average molecular weight is 367 g/mol. The maximum atomic E-state index is 12.7. The smallest absolute Gasteiger partial charge is 0.270 e. The first-order valence-electron chi connectivity index (χ1n) is 8.34. The zero-order valence-corrected chi connectivity index (χ0v) is 15.5. The summed E-state index contributed by atoms with van der Waals surface area (Å²) in [5.74, 6) is 0. The summed E-state index contributed by atoms with van der Waals surface area (Å²) in [6, 6.07) is 15.3. The van der Waals surface area contributed by atoms with Crippen LogP contribution in [-0.2, 0) is 17.8 Å². The molecule has 0 fully saturated rings. The topological polar surface area (TPSA) is 52.0 Å². The zero-order valence-electron chi connectivity index (χ0n) is 14.7. The van der Waals surface area contributed by atoms with E-state index in [9.17, 15) is 9.59 Å². The highest BCUT2D eigenvalue weighted by molar-refractivity contribution is 6.31. The Balaban J connectivity index is 2.09. The minimum atomic E-state index is -0.274. The van der Waals surface area contributed by atoms with Gasteiger partial charge in [0, 0.05) is 22.6 Å². The highest BCUT2D eigenvalue weighted by atomic mass is 35.5. The zero-order chi connectivity index (χ0) is 18.7. The summed E-state index contributed by atoms with van der Waals surface area (Å²) in [6.45, 7) is 4.22. The quantitative estimate of drug-likeness (QED) is 0.642. The van der Waals surface area contributed by atoms with Crippen molar-refractivity contribution < 1.29 is 4.79 Å². The molecule has 1 heterocycles. The minimum Gasteiger partial charge on any atom is -0.303 e. The fourth-order valence-electron chi connectivity index (χ4n) is 2.75. The predicted molar refractivity (Wildman–Crippen MR) is 104 cm³/mol. The molecule has 0 saturated heterocycles. The molecule has 2 aromatic carbocycles. The van der Waals surface area contributed by atoms with Crippen molar-refractivity contribution in [2.45, 2.75) is 26.8 Å². The van der Waals surface area contributed by atoms with E-state index in [-0.39, 0.29) is 18.5 Å². The van der Waals surface area contributed by atoms with E-state index in [4.69, 9.17) is 11.6 Å². The molecule has 0 radical (unpaired) electrons. The predicted octanol–water partition coefficient (Wildman–Crippen LogP) is 3.97. The van der Waals surface area contributed by atoms with E-state index in [1.165, 1.54) is 4.68 Å². The summed E-state index contributed by atoms with van der Waals surface area (Å²) in [4.78, 5) is 23.7. The third-order valence-corrected chi connectivity index (χ3v) is 4.58. The first-order chi connectivity index (χ1) is 12.5. The van der Waals surface area contributed by atoms with Crippen LogP contribution < -0.4 is 5.56 Å². The summed E-state index contributed by atoms with van der Waals surface area (Å²) in [5, 5.41) is 5.10. The number of carbonyl (C=O) groups excluding carboxylic acids is 1. The van der Waals surface area contributed by atoms with E-state index in [0.717, 1.165) is 28.5 Å². The number of aldehydes is 1. The molecule has 0 aliphatic heterocycles. The second-order valence-corrected chi connectivity index (χ2v) is 6.76. The number of hydrogen-bond donors (Lipinski definition) is 0. The molecule has 0 unspecified atom stereocenters. The number of rotatable bonds is 5. The number of aromatic nitrogens is 2. The van der Waals surface area contributed by atoms with Gasteiger partial charge >= 0.3 is 0 Å². The van der Waals surface area contributed by atoms with Crippen molar-refractivity contribution in [2.75, 3.05) is 0 Å². The van der Waals surface area contributed by atoms with Gasteiger partial charge in [-0.3, -0.25) is 4.79 Å². The van der Waals surface area contributed by atoms with Gasteiger partial charge in [-0.2, -0.15) is 5.10 Å². The Labute approximate surface area is 157 Å². The van der Waals surface area contributed by atoms with Crippen LogP contribution in [0.3, 0.4) is 0 Å². The van der Waals surface area contributed by atoms with Crippen LogP contribution in [0.4, 0.5) is 0 Å². The van der Waals surface area contributed by atoms with Crippen molar-refractivity contribution in [1.82, 2.24) is 9.78 Å². The van der Waals surface area contributed by atoms with Crippen molar-refractivity contribution in [3.05, 3.63) is 86.2 Å². The second-order valence-electron chi connectivity index (χ2n) is 6.35. The third-order valence-electron chi connectivity index (χ3n) is 4.23. The molecule has 0 saturated carbocycles. The van der Waals surface area contributed by atoms with Crippen LogP contribution in [-0.4, -0.2) is 16.1 Å². The van der Waals surface area contributed by atoms with Gasteiger partial charge < -0.3 is 4.79 Å². The van der Waals surface area contributed by atoms with Gasteiger partial charge in [0.15, 0.2) is 0 Å². The van der Waals surface area contributed by atoms with Crippen LogP contribution in [0.25, 0.3) is 11.3 Å². The second kappa shape index (κ2) is 7.67. The van der Waals surface area contributed by atoms with Crippen molar-refractivity contribution in [3.8, 4) is 11.3 Å². The molecule has 0 aliphatic carbocycles. The molecule has 0 bridgehead atoms. The molecular formula is C21H19ClN2O2. The molecule has 1 aromatic heterocycles. The average Bonchev–Trinajstić information content (AvgIpc) is 2.61. The van der Waals surface area contributed by atoms with Crippen LogP contribution in [0.15, 0.2) is 53.3 Å². The van der Waals surface area contributed by atoms with E-state index < -0.39 is 0 Å². The third kappa shape index (κ3) is 3.92. The van der Waals surface area contributed by atoms with Crippen LogP contribution in [0.5, 0.6) is 0 Å². The van der Waals surface area contributed by atoms with Crippen molar-refractivity contribution >= 4 is 17.9 Å². The molecule has 132 valence electrons. The van der Waals surface area contributed by atoms with Gasteiger partial charge in [0.25, 0.3) is 5.56 Å². The highest BCUT2D eigenvalue weighted by Crippen LogP contribution is 2.20. The fraction of sp³-hybridized carbons (Fsp3) is 0.190. The summed E-state index contributed by atoms with van der Waals surface area (Å²) >= 11 is 6.31. The van der Waals surface area contributed by atoms with E-state index in [1.807, 2.05) is 56.3 Å². The number of hydrogen-bond acceptors (Lipinski definition) is 3. The van der Waals surface area contributed by atoms with Gasteiger partial charge in [-0.05, 0) is 37.1 Å². The lowest BCUT2D eigenvalue weighted by atomic mass is 10.1. The summed E-state index contributed by atoms with van der Waals surface area (Å²) in [7, 11) is 0. The van der Waals surface area contributed by atoms with Gasteiger partial charge in [0.1, 0.15) is 6.29 Å². The maximum absolute atomic E-state index is 12.7. The van der Waals surface area contributed by atoms with Crippen molar-refractivity contribution in [1.29, 1.82) is 0 Å². The molecule has 5 heteroatoms. The number of benzene rings is 2. The minimum absolute atomic E-state index is 0.0574. The van der Waals surface area contributed by atoms with Crippen LogP contribution in [0.1, 0.15) is 22.3 Å². The van der Waals surface area contributed by atoms with Gasteiger partial charge in [0.05, 0.1) is 12.2 Å². The van der Waals surface area contributed by atoms with Crippen molar-refractivity contribution in [3.63, 3.8) is 0 Å². The van der Waals surface area contributed by atoms with Gasteiger partial charge in [0.2, 0.25) is 0 Å². The molecule has 0 atom stereocenters. The summed E-state index contributed by atoms with van der Waals surface area (Å²) in [6.07, 6.45) is 0.792. The Morgan fingerprint density at radius 2 is 1.69 bits per heavy atom. The molecule has 3 rings (SSSR count). The Morgan fingerprint density at radius 3 is 2.35 bits per heavy atom. The first kappa shape index (κ1) is 18.1. The molecular weight excluding hydrogens is 348 g/mol. The SMILES string of the molecule is Cc1ccc(-c2cc(CC=O)c(=O)n(Cc3ccc(C)cc3Cl)n2)cc1. The molecule has 0 spiro atoms. The molecule has 4 nitrogen and oxygen atoms in total. The Bertz CT molecular complexity index is 1010. The van der Waals surface area contributed by atoms with E-state index >= 15 is 0 Å². The van der Waals surface area contributed by atoms with Gasteiger partial charge in [-0.1, -0.05) is 53.6 Å². The van der Waals surface area contributed by atoms with E-state index in [1.54, 1.807) is 6.07 Å². The molecule has 0 amide bonds. The Morgan fingerprint density at radius 1 is 1.00 bits per heavy atom. The molecule has 26 heavy (non-hydrogen) atoms. The Kier molecular flexibility index (Phi) is 5.33. The summed E-state index contributed by atoms with van der Waals surface area (Å²) < 4.78 is 1.38. The molecule has 0 N–H and O–H groups in total. The van der Waals surface area contributed by atoms with Crippen LogP contribution in [0.2, 0.25) is 5.02 Å². The normalized spacial score (nSPS) is 10.7. The lowest BCUT2D eigenvalue weighted by molar-refractivity contribution is -0.107. The first-order valence-corrected chi connectivity index (χ1v) is 8.72. The number of nitrogens with zero attached hydrogens (tertiary/aromatic N) is 2. The van der Waals surface area contributed by atoms with Crippen LogP contribution in [0, 0.1) is 13.8 Å². The largest absolute Gasteiger partial charge is 0.303 e. The fourth-order valence-corrected chi connectivity index (χ4v) is 3.04.